The average Bonchev–Trinajstić information content (AvgIpc) is 2.98. The van der Waals surface area contributed by atoms with Crippen LogP contribution in [0.1, 0.15) is 65.5 Å². The number of rotatable bonds is 18. The summed E-state index contributed by atoms with van der Waals surface area (Å²) in [5, 5.41) is 20.5. The number of carbonyl (C=O) groups excluding carboxylic acids is 4. The second-order valence-corrected chi connectivity index (χ2v) is 13.0. The maximum atomic E-state index is 13.8. The molecule has 4 amide bonds. The first-order valence-corrected chi connectivity index (χ1v) is 16.0. The van der Waals surface area contributed by atoms with E-state index >= 15 is 0 Å². The van der Waals surface area contributed by atoms with E-state index in [1.807, 2.05) is 88.4 Å². The van der Waals surface area contributed by atoms with E-state index in [9.17, 15) is 29.1 Å². The summed E-state index contributed by atoms with van der Waals surface area (Å²) >= 11 is 0. The van der Waals surface area contributed by atoms with E-state index in [-0.39, 0.29) is 31.1 Å². The molecule has 252 valence electrons. The van der Waals surface area contributed by atoms with E-state index in [0.29, 0.717) is 6.42 Å². The molecule has 0 fully saturated rings. The van der Waals surface area contributed by atoms with Crippen molar-refractivity contribution in [3.05, 3.63) is 71.8 Å². The van der Waals surface area contributed by atoms with Gasteiger partial charge in [0.05, 0.1) is 6.04 Å². The maximum absolute atomic E-state index is 13.8. The van der Waals surface area contributed by atoms with Crippen molar-refractivity contribution >= 4 is 29.6 Å². The monoisotopic (exact) mass is 637 g/mol. The first kappa shape index (κ1) is 37.9. The van der Waals surface area contributed by atoms with Crippen LogP contribution in [0.25, 0.3) is 0 Å². The summed E-state index contributed by atoms with van der Waals surface area (Å²) in [5.41, 5.74) is 7.68. The van der Waals surface area contributed by atoms with Crippen molar-refractivity contribution in [3.63, 3.8) is 0 Å². The molecule has 0 saturated carbocycles. The Balaban J connectivity index is 2.34. The number of nitrogens with two attached hydrogens (primary N) is 1. The molecule has 0 aromatic heterocycles. The molecule has 2 aromatic rings. The van der Waals surface area contributed by atoms with E-state index < -0.39 is 65.7 Å². The van der Waals surface area contributed by atoms with Crippen LogP contribution in [-0.4, -0.2) is 64.9 Å². The molecule has 0 bridgehead atoms. The van der Waals surface area contributed by atoms with Crippen LogP contribution in [0.15, 0.2) is 60.7 Å². The largest absolute Gasteiger partial charge is 0.480 e. The number of hydrogen-bond donors (Lipinski definition) is 6. The van der Waals surface area contributed by atoms with Crippen LogP contribution in [0, 0.1) is 17.8 Å². The van der Waals surface area contributed by atoms with E-state index in [1.165, 1.54) is 0 Å². The van der Waals surface area contributed by atoms with Gasteiger partial charge in [-0.3, -0.25) is 19.2 Å². The quantitative estimate of drug-likeness (QED) is 0.145. The molecule has 0 unspecified atom stereocenters. The van der Waals surface area contributed by atoms with Crippen molar-refractivity contribution in [2.45, 2.75) is 97.4 Å². The number of hydrogen-bond acceptors (Lipinski definition) is 6. The second-order valence-electron chi connectivity index (χ2n) is 13.0. The number of nitrogens with one attached hydrogen (secondary N) is 4. The highest BCUT2D eigenvalue weighted by Crippen LogP contribution is 2.11. The highest BCUT2D eigenvalue weighted by Gasteiger charge is 2.33. The number of aliphatic carboxylic acids is 1. The normalized spacial score (nSPS) is 14.6. The molecule has 0 aliphatic rings. The van der Waals surface area contributed by atoms with Crippen LogP contribution in [0.3, 0.4) is 0 Å². The van der Waals surface area contributed by atoms with Gasteiger partial charge in [-0.1, -0.05) is 102 Å². The Morgan fingerprint density at radius 3 is 1.41 bits per heavy atom. The molecule has 7 N–H and O–H groups in total. The molecular weight excluding hydrogens is 586 g/mol. The molecule has 11 nitrogen and oxygen atoms in total. The molecular formula is C35H51N5O6. The zero-order valence-electron chi connectivity index (χ0n) is 27.8. The van der Waals surface area contributed by atoms with Crippen molar-refractivity contribution in [1.82, 2.24) is 21.3 Å². The van der Waals surface area contributed by atoms with Crippen molar-refractivity contribution in [1.29, 1.82) is 0 Å². The van der Waals surface area contributed by atoms with Crippen molar-refractivity contribution < 1.29 is 29.1 Å². The van der Waals surface area contributed by atoms with Crippen LogP contribution in [0.5, 0.6) is 0 Å². The molecule has 0 saturated heterocycles. The fourth-order valence-electron chi connectivity index (χ4n) is 5.03. The lowest BCUT2D eigenvalue weighted by Gasteiger charge is -2.28. The zero-order chi connectivity index (χ0) is 34.4. The van der Waals surface area contributed by atoms with Gasteiger partial charge in [0, 0.05) is 12.8 Å². The Kier molecular flexibility index (Phi) is 15.4. The van der Waals surface area contributed by atoms with Crippen LogP contribution >= 0.6 is 0 Å². The molecule has 0 aliphatic carbocycles. The third-order valence-electron chi connectivity index (χ3n) is 7.46. The molecule has 11 heteroatoms. The van der Waals surface area contributed by atoms with Crippen molar-refractivity contribution in [2.75, 3.05) is 0 Å². The lowest BCUT2D eigenvalue weighted by atomic mass is 9.98. The number of carboxylic acids is 1. The zero-order valence-corrected chi connectivity index (χ0v) is 27.8. The summed E-state index contributed by atoms with van der Waals surface area (Å²) in [6, 6.07) is 13.1. The third-order valence-corrected chi connectivity index (χ3v) is 7.46. The van der Waals surface area contributed by atoms with Gasteiger partial charge in [0.15, 0.2) is 0 Å². The molecule has 5 atom stereocenters. The molecule has 0 spiro atoms. The van der Waals surface area contributed by atoms with Crippen LogP contribution < -0.4 is 27.0 Å². The first-order valence-electron chi connectivity index (χ1n) is 16.0. The Hall–Kier alpha value is -4.25. The molecule has 0 heterocycles. The van der Waals surface area contributed by atoms with Gasteiger partial charge < -0.3 is 32.1 Å². The minimum absolute atomic E-state index is 0.0169. The highest BCUT2D eigenvalue weighted by atomic mass is 16.4. The summed E-state index contributed by atoms with van der Waals surface area (Å²) in [4.78, 5) is 65.7. The van der Waals surface area contributed by atoms with Gasteiger partial charge in [-0.2, -0.15) is 0 Å². The lowest BCUT2D eigenvalue weighted by molar-refractivity contribution is -0.143. The number of carboxylic acid groups (broad SMARTS) is 1. The minimum Gasteiger partial charge on any atom is -0.480 e. The Morgan fingerprint density at radius 2 is 1.00 bits per heavy atom. The summed E-state index contributed by atoms with van der Waals surface area (Å²) in [6.45, 7) is 11.1. The first-order chi connectivity index (χ1) is 21.7. The van der Waals surface area contributed by atoms with Crippen molar-refractivity contribution in [2.24, 2.45) is 23.5 Å². The second kappa shape index (κ2) is 18.7. The SMILES string of the molecule is CC(C)C[C@@H](N)C(=O)N[C@H](Cc1ccccc1)C(=O)N[C@H](Cc1ccccc1)C(=O)N[C@@H](C(=O)N[C@H](CC(C)C)C(=O)O)C(C)C. The summed E-state index contributed by atoms with van der Waals surface area (Å²) in [7, 11) is 0. The summed E-state index contributed by atoms with van der Waals surface area (Å²) in [5.74, 6) is -3.68. The van der Waals surface area contributed by atoms with E-state index in [0.717, 1.165) is 11.1 Å². The Labute approximate surface area is 272 Å². The maximum Gasteiger partial charge on any atom is 0.326 e. The fraction of sp³-hybridized carbons (Fsp3) is 0.514. The van der Waals surface area contributed by atoms with Gasteiger partial charge in [-0.05, 0) is 41.7 Å². The van der Waals surface area contributed by atoms with Gasteiger partial charge >= 0.3 is 5.97 Å². The highest BCUT2D eigenvalue weighted by molar-refractivity contribution is 5.95. The summed E-state index contributed by atoms with van der Waals surface area (Å²) in [6.07, 6.45) is 0.926. The topological polar surface area (TPSA) is 180 Å². The van der Waals surface area contributed by atoms with Gasteiger partial charge in [0.25, 0.3) is 0 Å². The summed E-state index contributed by atoms with van der Waals surface area (Å²) < 4.78 is 0. The van der Waals surface area contributed by atoms with Crippen molar-refractivity contribution in [3.8, 4) is 0 Å². The van der Waals surface area contributed by atoms with Gasteiger partial charge in [0.1, 0.15) is 24.2 Å². The number of carbonyl (C=O) groups is 5. The Bertz CT molecular complexity index is 1280. The van der Waals surface area contributed by atoms with Crippen LogP contribution in [0.4, 0.5) is 0 Å². The average molecular weight is 638 g/mol. The Morgan fingerprint density at radius 1 is 0.587 bits per heavy atom. The van der Waals surface area contributed by atoms with Gasteiger partial charge in [-0.25, -0.2) is 4.79 Å². The van der Waals surface area contributed by atoms with Crippen LogP contribution in [0.2, 0.25) is 0 Å². The minimum atomic E-state index is -1.16. The fourth-order valence-corrected chi connectivity index (χ4v) is 5.03. The van der Waals surface area contributed by atoms with E-state index in [4.69, 9.17) is 5.73 Å². The predicted molar refractivity (Wildman–Crippen MR) is 177 cm³/mol. The van der Waals surface area contributed by atoms with Crippen LogP contribution in [-0.2, 0) is 36.8 Å². The number of amides is 4. The molecule has 2 aromatic carbocycles. The predicted octanol–water partition coefficient (Wildman–Crippen LogP) is 2.57. The van der Waals surface area contributed by atoms with Gasteiger partial charge in [0.2, 0.25) is 23.6 Å². The lowest BCUT2D eigenvalue weighted by Crippen LogP contribution is -2.60. The number of benzene rings is 2. The third kappa shape index (κ3) is 13.0. The van der Waals surface area contributed by atoms with Gasteiger partial charge in [-0.15, -0.1) is 0 Å². The van der Waals surface area contributed by atoms with E-state index in [2.05, 4.69) is 21.3 Å². The smallest absolute Gasteiger partial charge is 0.326 e. The molecule has 0 radical (unpaired) electrons. The standard InChI is InChI=1S/C35H51N5O6/c1-21(2)17-26(36)31(41)37-27(19-24-13-9-7-10-14-24)32(42)38-28(20-25-15-11-8-12-16-25)33(43)40-30(23(5)6)34(44)39-29(35(45)46)18-22(3)4/h7-16,21-23,26-30H,17-20,36H2,1-6H3,(H,37,41)(H,38,42)(H,39,44)(H,40,43)(H,45,46)/t26-,27-,28-,29-,30-/m1/s1. The molecule has 2 rings (SSSR count). The molecule has 46 heavy (non-hydrogen) atoms. The molecule has 0 aliphatic heterocycles. The van der Waals surface area contributed by atoms with E-state index in [1.54, 1.807) is 13.8 Å².